The Kier molecular flexibility index (Phi) is 4.75. The number of aromatic nitrogens is 3. The van der Waals surface area contributed by atoms with Crippen LogP contribution < -0.4 is 15.0 Å². The van der Waals surface area contributed by atoms with Gasteiger partial charge in [-0.15, -0.1) is 0 Å². The maximum Gasteiger partial charge on any atom is 0.261 e. The highest BCUT2D eigenvalue weighted by atomic mass is 16.5. The van der Waals surface area contributed by atoms with Crippen molar-refractivity contribution in [1.29, 1.82) is 0 Å². The summed E-state index contributed by atoms with van der Waals surface area (Å²) in [5.41, 5.74) is 2.03. The smallest absolute Gasteiger partial charge is 0.261 e. The van der Waals surface area contributed by atoms with Crippen LogP contribution in [0.2, 0.25) is 0 Å². The van der Waals surface area contributed by atoms with E-state index in [4.69, 9.17) is 9.47 Å². The maximum atomic E-state index is 13.0. The number of rotatable bonds is 6. The highest BCUT2D eigenvalue weighted by molar-refractivity contribution is 5.80. The lowest BCUT2D eigenvalue weighted by Gasteiger charge is -2.16. The molecule has 0 radical (unpaired) electrons. The summed E-state index contributed by atoms with van der Waals surface area (Å²) < 4.78 is 14.0. The average Bonchev–Trinajstić information content (AvgIpc) is 3.11. The molecule has 4 rings (SSSR count). The van der Waals surface area contributed by atoms with Crippen LogP contribution in [0.5, 0.6) is 11.5 Å². The minimum Gasteiger partial charge on any atom is -0.497 e. The third-order valence-electron chi connectivity index (χ3n) is 4.59. The van der Waals surface area contributed by atoms with Gasteiger partial charge in [-0.25, -0.2) is 4.52 Å². The molecule has 0 saturated heterocycles. The number of fused-ring (bicyclic) bond motifs is 3. The standard InChI is InChI=1S/C21H21N3O4/c1-14-11-20-23(21(26)18-5-3-4-6-19(18)24(20)22-14)12-15(25)13-28-17-9-7-16(27-2)8-10-17/h3-11,15,25H,12-13H2,1-2H3. The number of para-hydroxylation sites is 1. The third kappa shape index (κ3) is 3.32. The number of hydrogen-bond acceptors (Lipinski definition) is 5. The first-order valence-corrected chi connectivity index (χ1v) is 8.99. The summed E-state index contributed by atoms with van der Waals surface area (Å²) in [6, 6.07) is 16.3. The van der Waals surface area contributed by atoms with E-state index < -0.39 is 6.10 Å². The lowest BCUT2D eigenvalue weighted by Crippen LogP contribution is -2.31. The Morgan fingerprint density at radius 2 is 1.82 bits per heavy atom. The first-order chi connectivity index (χ1) is 13.6. The van der Waals surface area contributed by atoms with E-state index in [2.05, 4.69) is 5.10 Å². The number of benzene rings is 2. The number of nitrogens with zero attached hydrogens (tertiary/aromatic N) is 3. The van der Waals surface area contributed by atoms with Crippen molar-refractivity contribution in [2.24, 2.45) is 0 Å². The van der Waals surface area contributed by atoms with Crippen LogP contribution >= 0.6 is 0 Å². The van der Waals surface area contributed by atoms with E-state index in [1.54, 1.807) is 46.5 Å². The van der Waals surface area contributed by atoms with Gasteiger partial charge in [0.25, 0.3) is 5.56 Å². The molecule has 0 aliphatic carbocycles. The molecule has 2 aromatic heterocycles. The number of aliphatic hydroxyl groups is 1. The van der Waals surface area contributed by atoms with E-state index in [0.717, 1.165) is 17.0 Å². The Morgan fingerprint density at radius 1 is 1.11 bits per heavy atom. The molecule has 28 heavy (non-hydrogen) atoms. The van der Waals surface area contributed by atoms with Gasteiger partial charge in [0, 0.05) is 6.07 Å². The van der Waals surface area contributed by atoms with Gasteiger partial charge >= 0.3 is 0 Å². The Balaban J connectivity index is 1.61. The van der Waals surface area contributed by atoms with Crippen molar-refractivity contribution < 1.29 is 14.6 Å². The highest BCUT2D eigenvalue weighted by Gasteiger charge is 2.16. The third-order valence-corrected chi connectivity index (χ3v) is 4.59. The van der Waals surface area contributed by atoms with E-state index >= 15 is 0 Å². The van der Waals surface area contributed by atoms with Gasteiger partial charge in [-0.1, -0.05) is 12.1 Å². The predicted molar refractivity (Wildman–Crippen MR) is 106 cm³/mol. The minimum atomic E-state index is -0.861. The van der Waals surface area contributed by atoms with Gasteiger partial charge in [-0.05, 0) is 43.3 Å². The number of ether oxygens (including phenoxy) is 2. The van der Waals surface area contributed by atoms with Crippen LogP contribution in [-0.4, -0.2) is 39.1 Å². The molecule has 2 aromatic carbocycles. The molecule has 7 nitrogen and oxygen atoms in total. The van der Waals surface area contributed by atoms with Gasteiger partial charge in [-0.3, -0.25) is 9.36 Å². The Labute approximate surface area is 161 Å². The zero-order chi connectivity index (χ0) is 19.7. The number of hydrogen-bond donors (Lipinski definition) is 1. The molecule has 0 aliphatic heterocycles. The molecule has 1 unspecified atom stereocenters. The summed E-state index contributed by atoms with van der Waals surface area (Å²) in [6.07, 6.45) is -0.861. The minimum absolute atomic E-state index is 0.0604. The maximum absolute atomic E-state index is 13.0. The largest absolute Gasteiger partial charge is 0.497 e. The molecule has 0 bridgehead atoms. The molecule has 0 fully saturated rings. The number of aryl methyl sites for hydroxylation is 1. The lowest BCUT2D eigenvalue weighted by atomic mass is 10.2. The van der Waals surface area contributed by atoms with Gasteiger partial charge in [0.15, 0.2) is 0 Å². The summed E-state index contributed by atoms with van der Waals surface area (Å²) in [5.74, 6) is 1.35. The van der Waals surface area contributed by atoms with Crippen molar-refractivity contribution in [3.8, 4) is 11.5 Å². The van der Waals surface area contributed by atoms with E-state index in [-0.39, 0.29) is 18.7 Å². The summed E-state index contributed by atoms with van der Waals surface area (Å²) in [7, 11) is 1.60. The first-order valence-electron chi connectivity index (χ1n) is 8.99. The molecular weight excluding hydrogens is 358 g/mol. The van der Waals surface area contributed by atoms with Gasteiger partial charge in [0.05, 0.1) is 30.3 Å². The second-order valence-corrected chi connectivity index (χ2v) is 6.63. The van der Waals surface area contributed by atoms with Crippen molar-refractivity contribution >= 4 is 16.6 Å². The fourth-order valence-electron chi connectivity index (χ4n) is 3.25. The SMILES string of the molecule is COc1ccc(OCC(O)Cn2c(=O)c3ccccc3n3nc(C)cc23)cc1. The van der Waals surface area contributed by atoms with Gasteiger partial charge in [0.2, 0.25) is 0 Å². The molecule has 1 atom stereocenters. The summed E-state index contributed by atoms with van der Waals surface area (Å²) >= 11 is 0. The van der Waals surface area contributed by atoms with Crippen LogP contribution in [0.15, 0.2) is 59.4 Å². The van der Waals surface area contributed by atoms with Crippen LogP contribution in [-0.2, 0) is 6.54 Å². The quantitative estimate of drug-likeness (QED) is 0.557. The molecule has 1 N–H and O–H groups in total. The Morgan fingerprint density at radius 3 is 2.57 bits per heavy atom. The van der Waals surface area contributed by atoms with Gasteiger partial charge in [0.1, 0.15) is 29.9 Å². The van der Waals surface area contributed by atoms with Crippen LogP contribution in [0.1, 0.15) is 5.69 Å². The van der Waals surface area contributed by atoms with E-state index in [0.29, 0.717) is 16.8 Å². The van der Waals surface area contributed by atoms with Crippen LogP contribution in [0.25, 0.3) is 16.6 Å². The molecule has 0 spiro atoms. The summed E-state index contributed by atoms with van der Waals surface area (Å²) in [4.78, 5) is 13.0. The molecule has 0 aliphatic rings. The van der Waals surface area contributed by atoms with Crippen molar-refractivity contribution in [3.63, 3.8) is 0 Å². The van der Waals surface area contributed by atoms with Crippen LogP contribution in [0.3, 0.4) is 0 Å². The van der Waals surface area contributed by atoms with E-state index in [1.807, 2.05) is 31.2 Å². The molecular formula is C21H21N3O4. The summed E-state index contributed by atoms with van der Waals surface area (Å²) in [6.45, 7) is 2.04. The second kappa shape index (κ2) is 7.36. The van der Waals surface area contributed by atoms with Gasteiger partial charge < -0.3 is 14.6 Å². The molecule has 144 valence electrons. The number of methoxy groups -OCH3 is 1. The molecule has 0 saturated carbocycles. The van der Waals surface area contributed by atoms with Crippen molar-refractivity contribution in [2.45, 2.75) is 19.6 Å². The fourth-order valence-corrected chi connectivity index (χ4v) is 3.25. The van der Waals surface area contributed by atoms with Crippen LogP contribution in [0.4, 0.5) is 0 Å². The second-order valence-electron chi connectivity index (χ2n) is 6.63. The molecule has 2 heterocycles. The normalized spacial score (nSPS) is 12.4. The fraction of sp³-hybridized carbons (Fsp3) is 0.238. The Hall–Kier alpha value is -3.32. The lowest BCUT2D eigenvalue weighted by molar-refractivity contribution is 0.0925. The van der Waals surface area contributed by atoms with E-state index in [1.165, 1.54) is 0 Å². The average molecular weight is 379 g/mol. The van der Waals surface area contributed by atoms with Gasteiger partial charge in [-0.2, -0.15) is 5.10 Å². The topological polar surface area (TPSA) is 78.0 Å². The van der Waals surface area contributed by atoms with Crippen molar-refractivity contribution in [2.75, 3.05) is 13.7 Å². The van der Waals surface area contributed by atoms with Crippen molar-refractivity contribution in [1.82, 2.24) is 14.2 Å². The predicted octanol–water partition coefficient (Wildman–Crippen LogP) is 2.41. The molecule has 7 heteroatoms. The van der Waals surface area contributed by atoms with Crippen LogP contribution in [0, 0.1) is 6.92 Å². The zero-order valence-electron chi connectivity index (χ0n) is 15.7. The Bertz CT molecular complexity index is 1180. The summed E-state index contributed by atoms with van der Waals surface area (Å²) in [5, 5.41) is 15.5. The molecule has 0 amide bonds. The highest BCUT2D eigenvalue weighted by Crippen LogP contribution is 2.18. The first kappa shape index (κ1) is 18.1. The number of aliphatic hydroxyl groups excluding tert-OH is 1. The monoisotopic (exact) mass is 379 g/mol. The zero-order valence-corrected chi connectivity index (χ0v) is 15.7. The van der Waals surface area contributed by atoms with Crippen molar-refractivity contribution in [3.05, 3.63) is 70.6 Å². The molecule has 4 aromatic rings. The van der Waals surface area contributed by atoms with E-state index in [9.17, 15) is 9.90 Å².